The SMILES string of the molecule is O=C(NCc1cccnc1)c1ccc(N2CCNCC2)c(NS(=O)(=O)c2ccc(F)cc2)c1. The zero-order valence-electron chi connectivity index (χ0n) is 17.8. The number of piperazine rings is 1. The highest BCUT2D eigenvalue weighted by molar-refractivity contribution is 7.92. The Bertz CT molecular complexity index is 1210. The van der Waals surface area contributed by atoms with Crippen LogP contribution in [0.25, 0.3) is 0 Å². The van der Waals surface area contributed by atoms with E-state index in [1.54, 1.807) is 30.6 Å². The first kappa shape index (κ1) is 22.7. The number of nitrogens with one attached hydrogen (secondary N) is 3. The Morgan fingerprint density at radius 2 is 1.85 bits per heavy atom. The van der Waals surface area contributed by atoms with Gasteiger partial charge in [0.2, 0.25) is 0 Å². The van der Waals surface area contributed by atoms with Crippen LogP contribution in [0.4, 0.5) is 15.8 Å². The predicted octanol–water partition coefficient (Wildman–Crippen LogP) is 2.36. The summed E-state index contributed by atoms with van der Waals surface area (Å²) in [7, 11) is -3.99. The Hall–Kier alpha value is -3.50. The smallest absolute Gasteiger partial charge is 0.261 e. The molecular weight excluding hydrogens is 445 g/mol. The minimum Gasteiger partial charge on any atom is -0.367 e. The van der Waals surface area contributed by atoms with E-state index in [0.29, 0.717) is 30.9 Å². The molecule has 2 aromatic carbocycles. The van der Waals surface area contributed by atoms with E-state index in [2.05, 4.69) is 25.2 Å². The number of halogens is 1. The van der Waals surface area contributed by atoms with Gasteiger partial charge in [-0.05, 0) is 54.1 Å². The van der Waals surface area contributed by atoms with Crippen LogP contribution in [0.5, 0.6) is 0 Å². The summed E-state index contributed by atoms with van der Waals surface area (Å²) in [6.45, 7) is 3.20. The predicted molar refractivity (Wildman–Crippen MR) is 124 cm³/mol. The summed E-state index contributed by atoms with van der Waals surface area (Å²) in [5.74, 6) is -0.865. The van der Waals surface area contributed by atoms with Gasteiger partial charge in [-0.25, -0.2) is 12.8 Å². The fraction of sp³-hybridized carbons (Fsp3) is 0.217. The molecule has 1 aliphatic heterocycles. The second-order valence-electron chi connectivity index (χ2n) is 7.57. The molecule has 1 amide bonds. The van der Waals surface area contributed by atoms with Gasteiger partial charge in [0.05, 0.1) is 16.3 Å². The van der Waals surface area contributed by atoms with E-state index in [9.17, 15) is 17.6 Å². The van der Waals surface area contributed by atoms with Crippen LogP contribution in [0, 0.1) is 5.82 Å². The fourth-order valence-electron chi connectivity index (χ4n) is 3.55. The Balaban J connectivity index is 1.61. The third-order valence-electron chi connectivity index (χ3n) is 5.26. The van der Waals surface area contributed by atoms with E-state index in [-0.39, 0.29) is 16.5 Å². The van der Waals surface area contributed by atoms with Crippen molar-refractivity contribution in [3.63, 3.8) is 0 Å². The van der Waals surface area contributed by atoms with E-state index < -0.39 is 15.8 Å². The summed E-state index contributed by atoms with van der Waals surface area (Å²) < 4.78 is 41.8. The van der Waals surface area contributed by atoms with Gasteiger partial charge >= 0.3 is 0 Å². The Labute approximate surface area is 191 Å². The van der Waals surface area contributed by atoms with E-state index in [1.165, 1.54) is 18.2 Å². The zero-order valence-corrected chi connectivity index (χ0v) is 18.6. The molecule has 3 aromatic rings. The molecule has 3 N–H and O–H groups in total. The van der Waals surface area contributed by atoms with Crippen LogP contribution in [0.15, 0.2) is 71.9 Å². The van der Waals surface area contributed by atoms with Crippen LogP contribution in [-0.2, 0) is 16.6 Å². The Morgan fingerprint density at radius 1 is 1.09 bits per heavy atom. The van der Waals surface area contributed by atoms with Gasteiger partial charge in [-0.3, -0.25) is 14.5 Å². The van der Waals surface area contributed by atoms with Crippen molar-refractivity contribution >= 4 is 27.3 Å². The van der Waals surface area contributed by atoms with Gasteiger partial charge in [0.15, 0.2) is 0 Å². The number of hydrogen-bond donors (Lipinski definition) is 3. The van der Waals surface area contributed by atoms with Gasteiger partial charge in [-0.2, -0.15) is 0 Å². The van der Waals surface area contributed by atoms with E-state index in [0.717, 1.165) is 30.8 Å². The van der Waals surface area contributed by atoms with E-state index >= 15 is 0 Å². The second-order valence-corrected chi connectivity index (χ2v) is 9.25. The van der Waals surface area contributed by atoms with Crippen LogP contribution in [0.1, 0.15) is 15.9 Å². The van der Waals surface area contributed by atoms with Gasteiger partial charge in [-0.1, -0.05) is 6.07 Å². The average molecular weight is 470 g/mol. The van der Waals surface area contributed by atoms with Crippen molar-refractivity contribution in [1.29, 1.82) is 0 Å². The lowest BCUT2D eigenvalue weighted by molar-refractivity contribution is 0.0951. The first-order chi connectivity index (χ1) is 15.9. The molecule has 1 fully saturated rings. The van der Waals surface area contributed by atoms with Crippen molar-refractivity contribution in [3.05, 3.63) is 83.9 Å². The van der Waals surface area contributed by atoms with Crippen molar-refractivity contribution in [3.8, 4) is 0 Å². The first-order valence-corrected chi connectivity index (χ1v) is 12.0. The molecule has 0 bridgehead atoms. The maximum Gasteiger partial charge on any atom is 0.261 e. The number of benzene rings is 2. The normalized spacial score (nSPS) is 14.0. The number of anilines is 2. The summed E-state index contributed by atoms with van der Waals surface area (Å²) in [4.78, 5) is 18.8. The number of nitrogens with zero attached hydrogens (tertiary/aromatic N) is 2. The monoisotopic (exact) mass is 469 g/mol. The molecule has 1 aliphatic rings. The average Bonchev–Trinajstić information content (AvgIpc) is 2.84. The lowest BCUT2D eigenvalue weighted by Crippen LogP contribution is -2.43. The highest BCUT2D eigenvalue weighted by Crippen LogP contribution is 2.30. The number of carbonyl (C=O) groups excluding carboxylic acids is 1. The number of sulfonamides is 1. The molecule has 33 heavy (non-hydrogen) atoms. The number of rotatable bonds is 7. The zero-order chi connectivity index (χ0) is 23.3. The van der Waals surface area contributed by atoms with E-state index in [4.69, 9.17) is 0 Å². The molecule has 0 atom stereocenters. The first-order valence-electron chi connectivity index (χ1n) is 10.5. The molecule has 1 aromatic heterocycles. The molecule has 0 unspecified atom stereocenters. The van der Waals surface area contributed by atoms with Gasteiger partial charge in [0, 0.05) is 50.7 Å². The molecular formula is C23H24FN5O3S. The van der Waals surface area contributed by atoms with Crippen molar-refractivity contribution in [2.45, 2.75) is 11.4 Å². The third-order valence-corrected chi connectivity index (χ3v) is 6.64. The third kappa shape index (κ3) is 5.65. The summed E-state index contributed by atoms with van der Waals surface area (Å²) in [5.41, 5.74) is 2.12. The highest BCUT2D eigenvalue weighted by Gasteiger charge is 2.21. The van der Waals surface area contributed by atoms with Gasteiger partial charge < -0.3 is 15.5 Å². The Kier molecular flexibility index (Phi) is 6.85. The largest absolute Gasteiger partial charge is 0.367 e. The summed E-state index contributed by atoms with van der Waals surface area (Å²) in [6, 6.07) is 13.2. The van der Waals surface area contributed by atoms with Crippen molar-refractivity contribution < 1.29 is 17.6 Å². The van der Waals surface area contributed by atoms with Crippen molar-refractivity contribution in [2.24, 2.45) is 0 Å². The minimum atomic E-state index is -3.99. The second kappa shape index (κ2) is 9.97. The molecule has 1 saturated heterocycles. The van der Waals surface area contributed by atoms with Gasteiger partial charge in [-0.15, -0.1) is 0 Å². The van der Waals surface area contributed by atoms with E-state index in [1.807, 2.05) is 6.07 Å². The number of carbonyl (C=O) groups is 1. The van der Waals surface area contributed by atoms with Crippen molar-refractivity contribution in [1.82, 2.24) is 15.6 Å². The maximum atomic E-state index is 13.3. The molecule has 172 valence electrons. The molecule has 10 heteroatoms. The summed E-state index contributed by atoms with van der Waals surface area (Å²) >= 11 is 0. The van der Waals surface area contributed by atoms with Crippen LogP contribution in [-0.4, -0.2) is 45.5 Å². The van der Waals surface area contributed by atoms with Crippen molar-refractivity contribution in [2.75, 3.05) is 35.8 Å². The molecule has 2 heterocycles. The summed E-state index contributed by atoms with van der Waals surface area (Å²) in [6.07, 6.45) is 3.32. The molecule has 0 spiro atoms. The highest BCUT2D eigenvalue weighted by atomic mass is 32.2. The van der Waals surface area contributed by atoms with Crippen LogP contribution in [0.2, 0.25) is 0 Å². The molecule has 0 saturated carbocycles. The number of pyridine rings is 1. The number of amides is 1. The summed E-state index contributed by atoms with van der Waals surface area (Å²) in [5, 5.41) is 6.08. The maximum absolute atomic E-state index is 13.3. The van der Waals surface area contributed by atoms with Crippen LogP contribution >= 0.6 is 0 Å². The Morgan fingerprint density at radius 3 is 2.55 bits per heavy atom. The van der Waals surface area contributed by atoms with Gasteiger partial charge in [0.25, 0.3) is 15.9 Å². The van der Waals surface area contributed by atoms with Gasteiger partial charge in [0.1, 0.15) is 5.82 Å². The number of hydrogen-bond acceptors (Lipinski definition) is 6. The lowest BCUT2D eigenvalue weighted by Gasteiger charge is -2.31. The molecule has 0 radical (unpaired) electrons. The lowest BCUT2D eigenvalue weighted by atomic mass is 10.1. The molecule has 4 rings (SSSR count). The minimum absolute atomic E-state index is 0.0680. The van der Waals surface area contributed by atoms with Crippen LogP contribution in [0.3, 0.4) is 0 Å². The van der Waals surface area contributed by atoms with Crippen LogP contribution < -0.4 is 20.3 Å². The quantitative estimate of drug-likeness (QED) is 0.491. The topological polar surface area (TPSA) is 103 Å². The molecule has 0 aliphatic carbocycles. The number of aromatic nitrogens is 1. The molecule has 8 nitrogen and oxygen atoms in total. The fourth-order valence-corrected chi connectivity index (χ4v) is 4.61. The standard InChI is InChI=1S/C23H24FN5O3S/c24-19-4-6-20(7-5-19)33(31,32)28-21-14-18(3-8-22(21)29-12-10-25-11-13-29)23(30)27-16-17-2-1-9-26-15-17/h1-9,14-15,25,28H,10-13,16H2,(H,27,30).